The van der Waals surface area contributed by atoms with E-state index in [-0.39, 0.29) is 23.6 Å². The van der Waals surface area contributed by atoms with E-state index in [1.807, 2.05) is 12.1 Å². The van der Waals surface area contributed by atoms with Gasteiger partial charge in [-0.05, 0) is 17.7 Å². The molecule has 9 nitrogen and oxygen atoms in total. The molecular weight excluding hydrogens is 338 g/mol. The predicted molar refractivity (Wildman–Crippen MR) is 89.9 cm³/mol. The summed E-state index contributed by atoms with van der Waals surface area (Å²) in [6.45, 7) is 2.01. The number of rotatable bonds is 4. The quantitative estimate of drug-likeness (QED) is 0.575. The fraction of sp³-hybridized carbons (Fsp3) is 0.118. The summed E-state index contributed by atoms with van der Waals surface area (Å²) >= 11 is 0. The second-order valence-electron chi connectivity index (χ2n) is 5.67. The maximum Gasteiger partial charge on any atom is 0.353 e. The molecule has 2 N–H and O–H groups in total. The average Bonchev–Trinajstić information content (AvgIpc) is 3.22. The number of hydrogen-bond donors (Lipinski definition) is 2. The van der Waals surface area contributed by atoms with E-state index in [0.717, 1.165) is 5.56 Å². The third kappa shape index (κ3) is 2.75. The molecule has 0 saturated carbocycles. The van der Waals surface area contributed by atoms with Crippen LogP contribution in [0.15, 0.2) is 41.2 Å². The van der Waals surface area contributed by atoms with Gasteiger partial charge in [-0.25, -0.2) is 19.7 Å². The van der Waals surface area contributed by atoms with E-state index in [4.69, 9.17) is 4.42 Å². The van der Waals surface area contributed by atoms with Crippen LogP contribution in [0.25, 0.3) is 16.7 Å². The lowest BCUT2D eigenvalue weighted by Gasteiger charge is -2.07. The number of amides is 1. The number of oxazole rings is 1. The van der Waals surface area contributed by atoms with E-state index in [9.17, 15) is 14.7 Å². The Hall–Kier alpha value is -3.75. The first-order valence-electron chi connectivity index (χ1n) is 7.72. The van der Waals surface area contributed by atoms with Gasteiger partial charge in [-0.2, -0.15) is 0 Å². The van der Waals surface area contributed by atoms with E-state index < -0.39 is 11.9 Å². The van der Waals surface area contributed by atoms with Gasteiger partial charge in [0.2, 0.25) is 0 Å². The number of nitrogens with one attached hydrogen (secondary N) is 1. The number of carboxylic acids is 1. The number of imidazole rings is 1. The second-order valence-corrected chi connectivity index (χ2v) is 5.67. The normalized spacial score (nSPS) is 11.1. The van der Waals surface area contributed by atoms with Crippen LogP contribution in [0, 0.1) is 6.92 Å². The Balaban J connectivity index is 1.57. The lowest BCUT2D eigenvalue weighted by molar-refractivity contribution is 0.0688. The SMILES string of the molecule is Cc1nc2cc(CNC(=O)c3cc(C(=O)O)n4cncc4n3)ccc2o1. The van der Waals surface area contributed by atoms with Crippen LogP contribution < -0.4 is 5.32 Å². The lowest BCUT2D eigenvalue weighted by atomic mass is 10.2. The molecule has 0 aliphatic carbocycles. The van der Waals surface area contributed by atoms with Crippen molar-refractivity contribution < 1.29 is 19.1 Å². The molecule has 3 heterocycles. The zero-order chi connectivity index (χ0) is 18.3. The van der Waals surface area contributed by atoms with Crippen molar-refractivity contribution in [2.75, 3.05) is 0 Å². The number of aromatic nitrogens is 4. The predicted octanol–water partition coefficient (Wildman–Crippen LogP) is 1.81. The molecule has 0 fully saturated rings. The summed E-state index contributed by atoms with van der Waals surface area (Å²) in [5, 5.41) is 12.0. The zero-order valence-electron chi connectivity index (χ0n) is 13.6. The lowest BCUT2D eigenvalue weighted by Crippen LogP contribution is -2.25. The molecule has 130 valence electrons. The number of carbonyl (C=O) groups excluding carboxylic acids is 1. The molecule has 0 bridgehead atoms. The maximum absolute atomic E-state index is 12.4. The number of carbonyl (C=O) groups is 2. The number of carboxylic acid groups (broad SMARTS) is 1. The molecule has 4 rings (SSSR count). The fourth-order valence-electron chi connectivity index (χ4n) is 2.66. The largest absolute Gasteiger partial charge is 0.477 e. The van der Waals surface area contributed by atoms with Crippen molar-refractivity contribution in [3.05, 3.63) is 59.6 Å². The summed E-state index contributed by atoms with van der Waals surface area (Å²) in [6.07, 6.45) is 2.73. The van der Waals surface area contributed by atoms with Crippen molar-refractivity contribution in [1.29, 1.82) is 0 Å². The van der Waals surface area contributed by atoms with Gasteiger partial charge in [0.15, 0.2) is 17.1 Å². The monoisotopic (exact) mass is 351 g/mol. The molecule has 4 aromatic rings. The summed E-state index contributed by atoms with van der Waals surface area (Å²) < 4.78 is 6.72. The van der Waals surface area contributed by atoms with Crippen molar-refractivity contribution in [1.82, 2.24) is 24.7 Å². The highest BCUT2D eigenvalue weighted by atomic mass is 16.4. The Bertz CT molecular complexity index is 1160. The molecule has 9 heteroatoms. The molecule has 3 aromatic heterocycles. The summed E-state index contributed by atoms with van der Waals surface area (Å²) in [5.74, 6) is -1.08. The molecule has 0 atom stereocenters. The standard InChI is InChI=1S/C17H13N5O4/c1-9-20-11-4-10(2-3-14(11)26-9)6-19-16(23)12-5-13(17(24)25)22-8-18-7-15(22)21-12/h2-5,7-8H,6H2,1H3,(H,19,23)(H,24,25). The minimum atomic E-state index is -1.17. The minimum Gasteiger partial charge on any atom is -0.477 e. The molecule has 0 radical (unpaired) electrons. The molecule has 0 aliphatic rings. The van der Waals surface area contributed by atoms with Crippen molar-refractivity contribution >= 4 is 28.6 Å². The third-order valence-corrected chi connectivity index (χ3v) is 3.85. The van der Waals surface area contributed by atoms with E-state index in [2.05, 4.69) is 20.3 Å². The van der Waals surface area contributed by atoms with Crippen LogP contribution in [0.1, 0.15) is 32.4 Å². The highest BCUT2D eigenvalue weighted by Crippen LogP contribution is 2.17. The van der Waals surface area contributed by atoms with Crippen LogP contribution in [-0.2, 0) is 6.54 Å². The van der Waals surface area contributed by atoms with Gasteiger partial charge < -0.3 is 14.8 Å². The van der Waals surface area contributed by atoms with E-state index >= 15 is 0 Å². The number of nitrogens with zero attached hydrogens (tertiary/aromatic N) is 4. The fourth-order valence-corrected chi connectivity index (χ4v) is 2.66. The Kier molecular flexibility index (Phi) is 3.61. The number of aromatic carboxylic acids is 1. The minimum absolute atomic E-state index is 0.00811. The Morgan fingerprint density at radius 2 is 2.12 bits per heavy atom. The van der Waals surface area contributed by atoms with E-state index in [1.165, 1.54) is 23.0 Å². The van der Waals surface area contributed by atoms with Gasteiger partial charge in [-0.15, -0.1) is 0 Å². The van der Waals surface area contributed by atoms with Gasteiger partial charge >= 0.3 is 5.97 Å². The first kappa shape index (κ1) is 15.8. The van der Waals surface area contributed by atoms with Crippen LogP contribution in [0.5, 0.6) is 0 Å². The van der Waals surface area contributed by atoms with Crippen molar-refractivity contribution in [2.24, 2.45) is 0 Å². The summed E-state index contributed by atoms with van der Waals surface area (Å²) in [5.41, 5.74) is 2.43. The zero-order valence-corrected chi connectivity index (χ0v) is 13.6. The van der Waals surface area contributed by atoms with Crippen LogP contribution >= 0.6 is 0 Å². The average molecular weight is 351 g/mol. The van der Waals surface area contributed by atoms with Crippen LogP contribution in [0.4, 0.5) is 0 Å². The smallest absolute Gasteiger partial charge is 0.353 e. The molecule has 0 spiro atoms. The molecular formula is C17H13N5O4. The number of hydrogen-bond acceptors (Lipinski definition) is 6. The van der Waals surface area contributed by atoms with Gasteiger partial charge in [-0.3, -0.25) is 9.20 Å². The summed E-state index contributed by atoms with van der Waals surface area (Å²) in [7, 11) is 0. The molecule has 26 heavy (non-hydrogen) atoms. The molecule has 0 unspecified atom stereocenters. The third-order valence-electron chi connectivity index (χ3n) is 3.85. The van der Waals surface area contributed by atoms with Gasteiger partial charge in [0.25, 0.3) is 5.91 Å². The van der Waals surface area contributed by atoms with Gasteiger partial charge in [-0.1, -0.05) is 6.07 Å². The molecule has 1 amide bonds. The topological polar surface area (TPSA) is 123 Å². The van der Waals surface area contributed by atoms with E-state index in [0.29, 0.717) is 17.0 Å². The van der Waals surface area contributed by atoms with Crippen molar-refractivity contribution in [3.63, 3.8) is 0 Å². The van der Waals surface area contributed by atoms with Crippen molar-refractivity contribution in [3.8, 4) is 0 Å². The first-order valence-corrected chi connectivity index (χ1v) is 7.72. The summed E-state index contributed by atoms with van der Waals surface area (Å²) in [4.78, 5) is 36.0. The Morgan fingerprint density at radius 3 is 2.92 bits per heavy atom. The van der Waals surface area contributed by atoms with E-state index in [1.54, 1.807) is 13.0 Å². The van der Waals surface area contributed by atoms with Gasteiger partial charge in [0, 0.05) is 19.5 Å². The molecule has 1 aromatic carbocycles. The Labute approximate surface area is 146 Å². The number of fused-ring (bicyclic) bond motifs is 2. The Morgan fingerprint density at radius 1 is 1.27 bits per heavy atom. The van der Waals surface area contributed by atoms with Crippen LogP contribution in [-0.4, -0.2) is 36.3 Å². The first-order chi connectivity index (χ1) is 12.5. The highest BCUT2D eigenvalue weighted by molar-refractivity contribution is 5.96. The van der Waals surface area contributed by atoms with Gasteiger partial charge in [0.05, 0.1) is 6.20 Å². The maximum atomic E-state index is 12.4. The van der Waals surface area contributed by atoms with Gasteiger partial charge in [0.1, 0.15) is 23.2 Å². The van der Waals surface area contributed by atoms with Crippen molar-refractivity contribution in [2.45, 2.75) is 13.5 Å². The van der Waals surface area contributed by atoms with Crippen LogP contribution in [0.2, 0.25) is 0 Å². The molecule has 0 aliphatic heterocycles. The highest BCUT2D eigenvalue weighted by Gasteiger charge is 2.16. The number of aryl methyl sites for hydroxylation is 1. The molecule has 0 saturated heterocycles. The number of benzene rings is 1. The van der Waals surface area contributed by atoms with Crippen LogP contribution in [0.3, 0.4) is 0 Å². The summed E-state index contributed by atoms with van der Waals surface area (Å²) in [6, 6.07) is 6.65. The second kappa shape index (κ2) is 5.96.